The van der Waals surface area contributed by atoms with Crippen LogP contribution in [-0.2, 0) is 19.4 Å². The highest BCUT2D eigenvalue weighted by Crippen LogP contribution is 2.24. The van der Waals surface area contributed by atoms with Crippen molar-refractivity contribution < 1.29 is 4.74 Å². The number of aryl methyl sites for hydroxylation is 2. The number of aromatic nitrogens is 3. The molecular formula is C14H17N5OS. The normalized spacial score (nSPS) is 13.6. The molecule has 0 amide bonds. The molecule has 0 fully saturated rings. The Morgan fingerprint density at radius 2 is 2.24 bits per heavy atom. The molecule has 0 aromatic carbocycles. The first kappa shape index (κ1) is 14.0. The number of hydrazine groups is 1. The number of fused-ring (bicyclic) bond motifs is 1. The number of nitrogens with zero attached hydrogens (tertiary/aromatic N) is 3. The smallest absolute Gasteiger partial charge is 0.219 e. The zero-order valence-electron chi connectivity index (χ0n) is 11.8. The Kier molecular flexibility index (Phi) is 4.12. The van der Waals surface area contributed by atoms with E-state index in [1.807, 2.05) is 0 Å². The van der Waals surface area contributed by atoms with Gasteiger partial charge in [0.1, 0.15) is 23.3 Å². The SMILES string of the molecule is Cc1nc(NN)cc(OCc2nc3c(s2)CCC=CC3)n1. The molecule has 6 nitrogen and oxygen atoms in total. The largest absolute Gasteiger partial charge is 0.470 e. The molecule has 3 N–H and O–H groups in total. The van der Waals surface area contributed by atoms with E-state index in [0.29, 0.717) is 24.1 Å². The molecule has 110 valence electrons. The fourth-order valence-corrected chi connectivity index (χ4v) is 3.23. The second-order valence-electron chi connectivity index (χ2n) is 4.76. The number of nitrogen functional groups attached to an aromatic ring is 1. The standard InChI is InChI=1S/C14H17N5OS/c1-9-16-12(19-15)7-13(17-9)20-8-14-18-10-5-3-2-4-6-11(10)21-14/h2-3,7H,4-6,8,15H2,1H3,(H,16,17,19). The second kappa shape index (κ2) is 6.19. The molecule has 0 saturated carbocycles. The van der Waals surface area contributed by atoms with Gasteiger partial charge in [-0.3, -0.25) is 0 Å². The summed E-state index contributed by atoms with van der Waals surface area (Å²) in [7, 11) is 0. The summed E-state index contributed by atoms with van der Waals surface area (Å²) in [5, 5.41) is 0.980. The van der Waals surface area contributed by atoms with Crippen LogP contribution >= 0.6 is 11.3 Å². The van der Waals surface area contributed by atoms with Crippen molar-refractivity contribution in [2.24, 2.45) is 5.84 Å². The van der Waals surface area contributed by atoms with Crippen LogP contribution in [0, 0.1) is 6.92 Å². The predicted molar refractivity (Wildman–Crippen MR) is 82.2 cm³/mol. The van der Waals surface area contributed by atoms with Gasteiger partial charge in [0.15, 0.2) is 0 Å². The first-order valence-electron chi connectivity index (χ1n) is 6.82. The molecule has 2 aromatic heterocycles. The summed E-state index contributed by atoms with van der Waals surface area (Å²) in [5.41, 5.74) is 3.68. The van der Waals surface area contributed by atoms with Crippen LogP contribution in [-0.4, -0.2) is 15.0 Å². The highest BCUT2D eigenvalue weighted by atomic mass is 32.1. The lowest BCUT2D eigenvalue weighted by Gasteiger charge is -2.06. The van der Waals surface area contributed by atoms with Gasteiger partial charge in [0.05, 0.1) is 5.69 Å². The van der Waals surface area contributed by atoms with Gasteiger partial charge in [-0.2, -0.15) is 4.98 Å². The van der Waals surface area contributed by atoms with Crippen molar-refractivity contribution in [1.82, 2.24) is 15.0 Å². The Bertz CT molecular complexity index is 667. The van der Waals surface area contributed by atoms with Crippen LogP contribution in [0.4, 0.5) is 5.82 Å². The molecular weight excluding hydrogens is 286 g/mol. The number of anilines is 1. The molecule has 21 heavy (non-hydrogen) atoms. The topological polar surface area (TPSA) is 86.0 Å². The second-order valence-corrected chi connectivity index (χ2v) is 5.93. The Hall–Kier alpha value is -1.99. The summed E-state index contributed by atoms with van der Waals surface area (Å²) in [4.78, 5) is 14.4. The molecule has 2 heterocycles. The Morgan fingerprint density at radius 3 is 3.10 bits per heavy atom. The van der Waals surface area contributed by atoms with E-state index < -0.39 is 0 Å². The van der Waals surface area contributed by atoms with Crippen LogP contribution in [0.2, 0.25) is 0 Å². The lowest BCUT2D eigenvalue weighted by Crippen LogP contribution is -2.10. The maximum atomic E-state index is 5.71. The van der Waals surface area contributed by atoms with Gasteiger partial charge in [-0.1, -0.05) is 12.2 Å². The Labute approximate surface area is 127 Å². The van der Waals surface area contributed by atoms with Crippen LogP contribution in [0.5, 0.6) is 5.88 Å². The average Bonchev–Trinajstić information content (AvgIpc) is 2.74. The van der Waals surface area contributed by atoms with Gasteiger partial charge >= 0.3 is 0 Å². The van der Waals surface area contributed by atoms with Crippen molar-refractivity contribution in [3.05, 3.63) is 39.6 Å². The van der Waals surface area contributed by atoms with Crippen molar-refractivity contribution in [1.29, 1.82) is 0 Å². The zero-order valence-corrected chi connectivity index (χ0v) is 12.6. The number of hydrogen-bond acceptors (Lipinski definition) is 7. The lowest BCUT2D eigenvalue weighted by molar-refractivity contribution is 0.292. The summed E-state index contributed by atoms with van der Waals surface area (Å²) in [5.74, 6) is 7.01. The van der Waals surface area contributed by atoms with E-state index >= 15 is 0 Å². The third-order valence-electron chi connectivity index (χ3n) is 3.14. The number of nitrogens with two attached hydrogens (primary N) is 1. The summed E-state index contributed by atoms with van der Waals surface area (Å²) in [6.07, 6.45) is 7.47. The van der Waals surface area contributed by atoms with Crippen LogP contribution in [0.1, 0.15) is 27.8 Å². The van der Waals surface area contributed by atoms with E-state index in [9.17, 15) is 0 Å². The van der Waals surface area contributed by atoms with Gasteiger partial charge in [-0.05, 0) is 19.8 Å². The molecule has 0 radical (unpaired) electrons. The molecule has 2 aromatic rings. The van der Waals surface area contributed by atoms with E-state index in [0.717, 1.165) is 24.3 Å². The number of rotatable bonds is 4. The van der Waals surface area contributed by atoms with Crippen LogP contribution < -0.4 is 16.0 Å². The molecule has 0 atom stereocenters. The molecule has 3 rings (SSSR count). The summed E-state index contributed by atoms with van der Waals surface area (Å²) < 4.78 is 5.71. The van der Waals surface area contributed by atoms with E-state index in [2.05, 4.69) is 32.5 Å². The molecule has 0 saturated heterocycles. The maximum absolute atomic E-state index is 5.71. The number of thiazole rings is 1. The number of hydrogen-bond donors (Lipinski definition) is 2. The highest BCUT2D eigenvalue weighted by molar-refractivity contribution is 7.11. The van der Waals surface area contributed by atoms with Gasteiger partial charge < -0.3 is 10.2 Å². The van der Waals surface area contributed by atoms with Crippen LogP contribution in [0.25, 0.3) is 0 Å². The van der Waals surface area contributed by atoms with Crippen molar-refractivity contribution in [3.63, 3.8) is 0 Å². The highest BCUT2D eigenvalue weighted by Gasteiger charge is 2.12. The fourth-order valence-electron chi connectivity index (χ4n) is 2.20. The quantitative estimate of drug-likeness (QED) is 0.511. The van der Waals surface area contributed by atoms with Crippen molar-refractivity contribution in [2.75, 3.05) is 5.43 Å². The van der Waals surface area contributed by atoms with Gasteiger partial charge in [0.2, 0.25) is 5.88 Å². The molecule has 1 aliphatic rings. The van der Waals surface area contributed by atoms with E-state index in [-0.39, 0.29) is 0 Å². The molecule has 0 bridgehead atoms. The maximum Gasteiger partial charge on any atom is 0.219 e. The summed E-state index contributed by atoms with van der Waals surface area (Å²) in [6.45, 7) is 2.22. The predicted octanol–water partition coefficient (Wildman–Crippen LogP) is 2.15. The third kappa shape index (κ3) is 3.37. The average molecular weight is 303 g/mol. The summed E-state index contributed by atoms with van der Waals surface area (Å²) in [6, 6.07) is 1.67. The van der Waals surface area contributed by atoms with Gasteiger partial charge in [0.25, 0.3) is 0 Å². The van der Waals surface area contributed by atoms with E-state index in [1.54, 1.807) is 24.3 Å². The minimum atomic E-state index is 0.418. The van der Waals surface area contributed by atoms with Crippen LogP contribution in [0.3, 0.4) is 0 Å². The van der Waals surface area contributed by atoms with E-state index in [4.69, 9.17) is 10.6 Å². The number of nitrogens with one attached hydrogen (secondary N) is 1. The van der Waals surface area contributed by atoms with Crippen molar-refractivity contribution in [2.45, 2.75) is 32.8 Å². The zero-order chi connectivity index (χ0) is 14.7. The number of allylic oxidation sites excluding steroid dienone is 2. The minimum absolute atomic E-state index is 0.418. The van der Waals surface area contributed by atoms with E-state index in [1.165, 1.54) is 10.6 Å². The first-order valence-corrected chi connectivity index (χ1v) is 7.64. The fraction of sp³-hybridized carbons (Fsp3) is 0.357. The van der Waals surface area contributed by atoms with Gasteiger partial charge in [-0.15, -0.1) is 11.3 Å². The molecule has 0 aliphatic heterocycles. The van der Waals surface area contributed by atoms with Crippen LogP contribution in [0.15, 0.2) is 18.2 Å². The Balaban J connectivity index is 1.70. The molecule has 7 heteroatoms. The monoisotopic (exact) mass is 303 g/mol. The third-order valence-corrected chi connectivity index (χ3v) is 4.28. The van der Waals surface area contributed by atoms with Gasteiger partial charge in [0, 0.05) is 17.4 Å². The lowest BCUT2D eigenvalue weighted by atomic mass is 10.2. The molecule has 0 spiro atoms. The van der Waals surface area contributed by atoms with Crippen molar-refractivity contribution >= 4 is 17.2 Å². The summed E-state index contributed by atoms with van der Waals surface area (Å²) >= 11 is 1.72. The Morgan fingerprint density at radius 1 is 1.33 bits per heavy atom. The molecule has 1 aliphatic carbocycles. The number of ether oxygens (including phenoxy) is 1. The first-order chi connectivity index (χ1) is 10.2. The van der Waals surface area contributed by atoms with Gasteiger partial charge in [-0.25, -0.2) is 15.8 Å². The van der Waals surface area contributed by atoms with Crippen molar-refractivity contribution in [3.8, 4) is 5.88 Å². The molecule has 0 unspecified atom stereocenters. The minimum Gasteiger partial charge on any atom is -0.470 e.